The van der Waals surface area contributed by atoms with Gasteiger partial charge in [-0.3, -0.25) is 9.69 Å². The Labute approximate surface area is 79.5 Å². The molecule has 0 saturated carbocycles. The fraction of sp³-hybridized carbons (Fsp3) is 0.875. The van der Waals surface area contributed by atoms with Crippen LogP contribution in [-0.4, -0.2) is 41.8 Å². The lowest BCUT2D eigenvalue weighted by Crippen LogP contribution is -2.49. The van der Waals surface area contributed by atoms with Gasteiger partial charge < -0.3 is 5.11 Å². The van der Waals surface area contributed by atoms with Crippen molar-refractivity contribution in [2.45, 2.75) is 25.1 Å². The first-order chi connectivity index (χ1) is 6.32. The highest BCUT2D eigenvalue weighted by molar-refractivity contribution is 5.70. The first-order valence-corrected chi connectivity index (χ1v) is 4.32. The Morgan fingerprint density at radius 2 is 2.07 bits per heavy atom. The van der Waals surface area contributed by atoms with Crippen LogP contribution in [0.5, 0.6) is 0 Å². The van der Waals surface area contributed by atoms with Crippen LogP contribution in [-0.2, 0) is 4.79 Å². The first kappa shape index (κ1) is 11.3. The summed E-state index contributed by atoms with van der Waals surface area (Å²) in [5, 5.41) is 8.62. The van der Waals surface area contributed by atoms with Crippen LogP contribution < -0.4 is 0 Å². The highest BCUT2D eigenvalue weighted by Gasteiger charge is 2.46. The van der Waals surface area contributed by atoms with Crippen LogP contribution in [0.25, 0.3) is 0 Å². The molecular formula is C8H12F3NO2. The van der Waals surface area contributed by atoms with E-state index in [1.807, 2.05) is 0 Å². The first-order valence-electron chi connectivity index (χ1n) is 4.32. The van der Waals surface area contributed by atoms with Gasteiger partial charge in [0.1, 0.15) is 6.04 Å². The molecule has 1 rings (SSSR count). The van der Waals surface area contributed by atoms with Crippen molar-refractivity contribution in [3.05, 3.63) is 0 Å². The standard InChI is InChI=1S/C8H12F3NO2/c1-12-3-2-5(7(13)14)4-6(12)8(9,10)11/h5-6H,2-4H2,1H3,(H,13,14). The van der Waals surface area contributed by atoms with Crippen molar-refractivity contribution in [2.75, 3.05) is 13.6 Å². The highest BCUT2D eigenvalue weighted by Crippen LogP contribution is 2.33. The molecule has 0 aromatic rings. The van der Waals surface area contributed by atoms with E-state index in [4.69, 9.17) is 5.11 Å². The Kier molecular flexibility index (Phi) is 3.04. The second kappa shape index (κ2) is 3.76. The Hall–Kier alpha value is -0.780. The van der Waals surface area contributed by atoms with Crippen molar-refractivity contribution < 1.29 is 23.1 Å². The number of carboxylic acid groups (broad SMARTS) is 1. The maximum atomic E-state index is 12.4. The van der Waals surface area contributed by atoms with E-state index in [0.717, 1.165) is 0 Å². The molecule has 0 aliphatic carbocycles. The fourth-order valence-electron chi connectivity index (χ4n) is 1.69. The van der Waals surface area contributed by atoms with E-state index in [1.54, 1.807) is 0 Å². The van der Waals surface area contributed by atoms with Gasteiger partial charge in [0.05, 0.1) is 5.92 Å². The summed E-state index contributed by atoms with van der Waals surface area (Å²) in [6, 6.07) is -1.61. The molecule has 0 bridgehead atoms. The summed E-state index contributed by atoms with van der Waals surface area (Å²) in [5.74, 6) is -2.00. The van der Waals surface area contributed by atoms with Gasteiger partial charge in [-0.2, -0.15) is 13.2 Å². The summed E-state index contributed by atoms with van der Waals surface area (Å²) in [4.78, 5) is 11.7. The number of alkyl halides is 3. The number of aliphatic carboxylic acids is 1. The Morgan fingerprint density at radius 3 is 2.50 bits per heavy atom. The van der Waals surface area contributed by atoms with Crippen molar-refractivity contribution >= 4 is 5.97 Å². The second-order valence-electron chi connectivity index (χ2n) is 3.60. The van der Waals surface area contributed by atoms with Crippen LogP contribution in [0.4, 0.5) is 13.2 Å². The SMILES string of the molecule is CN1CCC(C(=O)O)CC1C(F)(F)F. The van der Waals surface area contributed by atoms with Crippen LogP contribution in [0.1, 0.15) is 12.8 Å². The maximum absolute atomic E-state index is 12.4. The van der Waals surface area contributed by atoms with Crippen LogP contribution in [0, 0.1) is 5.92 Å². The van der Waals surface area contributed by atoms with E-state index >= 15 is 0 Å². The molecule has 1 heterocycles. The van der Waals surface area contributed by atoms with Gasteiger partial charge in [-0.05, 0) is 26.4 Å². The normalized spacial score (nSPS) is 30.3. The van der Waals surface area contributed by atoms with E-state index in [2.05, 4.69) is 0 Å². The molecule has 3 nitrogen and oxygen atoms in total. The predicted octanol–water partition coefficient (Wildman–Crippen LogP) is 1.34. The van der Waals surface area contributed by atoms with E-state index in [0.29, 0.717) is 6.42 Å². The van der Waals surface area contributed by atoms with Gasteiger partial charge in [0, 0.05) is 0 Å². The Morgan fingerprint density at radius 1 is 1.50 bits per heavy atom. The molecule has 1 fully saturated rings. The average Bonchev–Trinajstić information content (AvgIpc) is 2.02. The number of carbonyl (C=O) groups is 1. The molecule has 2 unspecified atom stereocenters. The molecule has 2 atom stereocenters. The topological polar surface area (TPSA) is 40.5 Å². The van der Waals surface area contributed by atoms with Gasteiger partial charge in [-0.15, -0.1) is 0 Å². The average molecular weight is 211 g/mol. The minimum Gasteiger partial charge on any atom is -0.481 e. The van der Waals surface area contributed by atoms with Crippen LogP contribution in [0.2, 0.25) is 0 Å². The number of rotatable bonds is 1. The summed E-state index contributed by atoms with van der Waals surface area (Å²) in [5.41, 5.74) is 0. The van der Waals surface area contributed by atoms with Crippen LogP contribution in [0.15, 0.2) is 0 Å². The van der Waals surface area contributed by atoms with Gasteiger partial charge in [0.25, 0.3) is 0 Å². The zero-order chi connectivity index (χ0) is 10.9. The van der Waals surface area contributed by atoms with Gasteiger partial charge >= 0.3 is 12.1 Å². The minimum absolute atomic E-state index is 0.182. The molecule has 0 spiro atoms. The van der Waals surface area contributed by atoms with Crippen LogP contribution in [0.3, 0.4) is 0 Å². The molecule has 1 aliphatic rings. The second-order valence-corrected chi connectivity index (χ2v) is 3.60. The summed E-state index contributed by atoms with van der Waals surface area (Å²) < 4.78 is 37.2. The summed E-state index contributed by atoms with van der Waals surface area (Å²) >= 11 is 0. The van der Waals surface area contributed by atoms with E-state index in [9.17, 15) is 18.0 Å². The molecule has 1 aliphatic heterocycles. The largest absolute Gasteiger partial charge is 0.481 e. The summed E-state index contributed by atoms with van der Waals surface area (Å²) in [6.07, 6.45) is -4.38. The minimum atomic E-state index is -4.33. The third-order valence-electron chi connectivity index (χ3n) is 2.60. The quantitative estimate of drug-likeness (QED) is 0.711. The van der Waals surface area contributed by atoms with Gasteiger partial charge in [0.15, 0.2) is 0 Å². The van der Waals surface area contributed by atoms with E-state index < -0.39 is 24.1 Å². The monoisotopic (exact) mass is 211 g/mol. The number of piperidine rings is 1. The molecule has 6 heteroatoms. The Bertz CT molecular complexity index is 229. The number of nitrogens with zero attached hydrogens (tertiary/aromatic N) is 1. The van der Waals surface area contributed by atoms with E-state index in [-0.39, 0.29) is 13.0 Å². The lowest BCUT2D eigenvalue weighted by atomic mass is 9.91. The van der Waals surface area contributed by atoms with E-state index in [1.165, 1.54) is 11.9 Å². The third kappa shape index (κ3) is 2.37. The maximum Gasteiger partial charge on any atom is 0.404 e. The van der Waals surface area contributed by atoms with Gasteiger partial charge in [0.2, 0.25) is 0 Å². The van der Waals surface area contributed by atoms with Crippen molar-refractivity contribution in [3.8, 4) is 0 Å². The molecule has 1 N–H and O–H groups in total. The molecule has 0 aromatic carbocycles. The van der Waals surface area contributed by atoms with Crippen molar-refractivity contribution in [2.24, 2.45) is 5.92 Å². The molecule has 1 saturated heterocycles. The van der Waals surface area contributed by atoms with Gasteiger partial charge in [-0.1, -0.05) is 0 Å². The molecule has 0 aromatic heterocycles. The number of hydrogen-bond donors (Lipinski definition) is 1. The summed E-state index contributed by atoms with van der Waals surface area (Å²) in [7, 11) is 1.37. The van der Waals surface area contributed by atoms with Gasteiger partial charge in [-0.25, -0.2) is 0 Å². The predicted molar refractivity (Wildman–Crippen MR) is 42.8 cm³/mol. The zero-order valence-corrected chi connectivity index (χ0v) is 7.71. The highest BCUT2D eigenvalue weighted by atomic mass is 19.4. The molecule has 0 amide bonds. The van der Waals surface area contributed by atoms with Crippen LogP contribution >= 0.6 is 0 Å². The molecule has 82 valence electrons. The fourth-order valence-corrected chi connectivity index (χ4v) is 1.69. The number of likely N-dealkylation sites (tertiary alicyclic amines) is 1. The molecule has 14 heavy (non-hydrogen) atoms. The number of hydrogen-bond acceptors (Lipinski definition) is 2. The third-order valence-corrected chi connectivity index (χ3v) is 2.60. The van der Waals surface area contributed by atoms with Crippen molar-refractivity contribution in [3.63, 3.8) is 0 Å². The number of carboxylic acids is 1. The van der Waals surface area contributed by atoms with Crippen molar-refractivity contribution in [1.29, 1.82) is 0 Å². The molecular weight excluding hydrogens is 199 g/mol. The Balaban J connectivity index is 2.69. The lowest BCUT2D eigenvalue weighted by molar-refractivity contribution is -0.193. The zero-order valence-electron chi connectivity index (χ0n) is 7.71. The van der Waals surface area contributed by atoms with Crippen molar-refractivity contribution in [1.82, 2.24) is 4.90 Å². The smallest absolute Gasteiger partial charge is 0.404 e. The lowest BCUT2D eigenvalue weighted by Gasteiger charge is -2.36. The summed E-state index contributed by atoms with van der Waals surface area (Å²) in [6.45, 7) is 0.182. The molecule has 0 radical (unpaired) electrons. The number of halogens is 3.